The maximum absolute atomic E-state index is 3.93. The lowest BCUT2D eigenvalue weighted by molar-refractivity contribution is 0.738. The third-order valence-electron chi connectivity index (χ3n) is 1.68. The van der Waals surface area contributed by atoms with Crippen LogP contribution in [0.5, 0.6) is 0 Å². The molecule has 0 aromatic carbocycles. The van der Waals surface area contributed by atoms with Crippen LogP contribution in [0.4, 0.5) is 0 Å². The lowest BCUT2D eigenvalue weighted by atomic mass is 10.2. The van der Waals surface area contributed by atoms with E-state index in [4.69, 9.17) is 0 Å². The van der Waals surface area contributed by atoms with Gasteiger partial charge in [-0.1, -0.05) is 12.2 Å². The fraction of sp³-hybridized carbons (Fsp3) is 0.444. The van der Waals surface area contributed by atoms with Crippen molar-refractivity contribution in [3.8, 4) is 0 Å². The number of hydrogen-bond acceptors (Lipinski definition) is 2. The highest BCUT2D eigenvalue weighted by Crippen LogP contribution is 2.01. The van der Waals surface area contributed by atoms with Gasteiger partial charge in [0.15, 0.2) is 0 Å². The molecule has 0 aliphatic rings. The molecule has 3 nitrogen and oxygen atoms in total. The predicted octanol–water partition coefficient (Wildman–Crippen LogP) is 1.38. The van der Waals surface area contributed by atoms with Crippen LogP contribution in [-0.4, -0.2) is 16.7 Å². The summed E-state index contributed by atoms with van der Waals surface area (Å²) in [5.41, 5.74) is 3.50. The molecule has 66 valence electrons. The highest BCUT2D eigenvalue weighted by atomic mass is 15.1. The topological polar surface area (TPSA) is 40.7 Å². The Morgan fingerprint density at radius 3 is 3.00 bits per heavy atom. The SMILES string of the molecule is C=C(C)CNCc1cn[nH]c1C. The second-order valence-corrected chi connectivity index (χ2v) is 3.08. The summed E-state index contributed by atoms with van der Waals surface area (Å²) in [5, 5.41) is 10.1. The van der Waals surface area contributed by atoms with E-state index >= 15 is 0 Å². The van der Waals surface area contributed by atoms with Gasteiger partial charge in [-0.05, 0) is 13.8 Å². The quantitative estimate of drug-likeness (QED) is 0.662. The van der Waals surface area contributed by atoms with Crippen molar-refractivity contribution >= 4 is 0 Å². The van der Waals surface area contributed by atoms with Crippen molar-refractivity contribution in [3.05, 3.63) is 29.6 Å². The monoisotopic (exact) mass is 165 g/mol. The molecule has 3 heteroatoms. The van der Waals surface area contributed by atoms with E-state index in [1.807, 2.05) is 20.0 Å². The van der Waals surface area contributed by atoms with E-state index in [-0.39, 0.29) is 0 Å². The standard InChI is InChI=1S/C9H15N3/c1-7(2)4-10-5-9-6-11-12-8(9)3/h6,10H,1,4-5H2,2-3H3,(H,11,12). The van der Waals surface area contributed by atoms with Gasteiger partial charge in [0, 0.05) is 24.3 Å². The molecule has 1 aromatic heterocycles. The maximum Gasteiger partial charge on any atom is 0.0535 e. The summed E-state index contributed by atoms with van der Waals surface area (Å²) in [4.78, 5) is 0. The smallest absolute Gasteiger partial charge is 0.0535 e. The summed E-state index contributed by atoms with van der Waals surface area (Å²) in [6, 6.07) is 0. The molecule has 0 radical (unpaired) electrons. The summed E-state index contributed by atoms with van der Waals surface area (Å²) in [6.45, 7) is 9.56. The minimum atomic E-state index is 0.856. The van der Waals surface area contributed by atoms with Crippen molar-refractivity contribution in [2.24, 2.45) is 0 Å². The van der Waals surface area contributed by atoms with Gasteiger partial charge in [-0.15, -0.1) is 0 Å². The number of aryl methyl sites for hydroxylation is 1. The second-order valence-electron chi connectivity index (χ2n) is 3.08. The Hall–Kier alpha value is -1.09. The molecule has 0 spiro atoms. The highest BCUT2D eigenvalue weighted by molar-refractivity contribution is 5.14. The molecule has 0 amide bonds. The molecule has 0 unspecified atom stereocenters. The molecule has 1 heterocycles. The normalized spacial score (nSPS) is 10.2. The number of aromatic nitrogens is 2. The van der Waals surface area contributed by atoms with Crippen LogP contribution in [-0.2, 0) is 6.54 Å². The summed E-state index contributed by atoms with van der Waals surface area (Å²) in [5.74, 6) is 0. The molecule has 1 aromatic rings. The zero-order valence-electron chi connectivity index (χ0n) is 7.65. The van der Waals surface area contributed by atoms with Gasteiger partial charge in [-0.25, -0.2) is 0 Å². The minimum absolute atomic E-state index is 0.856. The molecule has 0 aliphatic heterocycles. The van der Waals surface area contributed by atoms with E-state index in [9.17, 15) is 0 Å². The van der Waals surface area contributed by atoms with Crippen molar-refractivity contribution in [1.29, 1.82) is 0 Å². The van der Waals surface area contributed by atoms with Crippen LogP contribution in [0.1, 0.15) is 18.2 Å². The zero-order chi connectivity index (χ0) is 8.97. The van der Waals surface area contributed by atoms with E-state index in [1.54, 1.807) is 0 Å². The molecule has 1 rings (SSSR count). The van der Waals surface area contributed by atoms with Crippen LogP contribution >= 0.6 is 0 Å². The molecule has 2 N–H and O–H groups in total. The molecule has 0 aliphatic carbocycles. The number of hydrogen-bond donors (Lipinski definition) is 2. The minimum Gasteiger partial charge on any atom is -0.309 e. The maximum atomic E-state index is 3.93. The first kappa shape index (κ1) is 9.00. The average molecular weight is 165 g/mol. The van der Waals surface area contributed by atoms with Crippen LogP contribution in [0, 0.1) is 6.92 Å². The largest absolute Gasteiger partial charge is 0.309 e. The van der Waals surface area contributed by atoms with Gasteiger partial charge in [0.05, 0.1) is 6.20 Å². The fourth-order valence-electron chi connectivity index (χ4n) is 0.964. The third kappa shape index (κ3) is 2.51. The molecule has 12 heavy (non-hydrogen) atoms. The lowest BCUT2D eigenvalue weighted by Crippen LogP contribution is -2.15. The average Bonchev–Trinajstić information content (AvgIpc) is 2.36. The zero-order valence-corrected chi connectivity index (χ0v) is 7.65. The van der Waals surface area contributed by atoms with Crippen LogP contribution in [0.2, 0.25) is 0 Å². The van der Waals surface area contributed by atoms with Gasteiger partial charge in [0.2, 0.25) is 0 Å². The second kappa shape index (κ2) is 4.07. The van der Waals surface area contributed by atoms with Crippen LogP contribution < -0.4 is 5.32 Å². The summed E-state index contributed by atoms with van der Waals surface area (Å²) in [7, 11) is 0. The molecular formula is C9H15N3. The van der Waals surface area contributed by atoms with E-state index in [1.165, 1.54) is 5.56 Å². The van der Waals surface area contributed by atoms with Crippen LogP contribution in [0.15, 0.2) is 18.3 Å². The van der Waals surface area contributed by atoms with Gasteiger partial charge >= 0.3 is 0 Å². The van der Waals surface area contributed by atoms with Crippen molar-refractivity contribution in [1.82, 2.24) is 15.5 Å². The first-order chi connectivity index (χ1) is 5.70. The predicted molar refractivity (Wildman–Crippen MR) is 49.8 cm³/mol. The van der Waals surface area contributed by atoms with Crippen molar-refractivity contribution < 1.29 is 0 Å². The Morgan fingerprint density at radius 2 is 2.50 bits per heavy atom. The van der Waals surface area contributed by atoms with Gasteiger partial charge in [0.25, 0.3) is 0 Å². The van der Waals surface area contributed by atoms with Gasteiger partial charge in [0.1, 0.15) is 0 Å². The number of aromatic amines is 1. The van der Waals surface area contributed by atoms with Crippen molar-refractivity contribution in [2.45, 2.75) is 20.4 Å². The Morgan fingerprint density at radius 1 is 1.75 bits per heavy atom. The summed E-state index contributed by atoms with van der Waals surface area (Å²) in [6.07, 6.45) is 1.85. The van der Waals surface area contributed by atoms with Gasteiger partial charge in [-0.3, -0.25) is 5.10 Å². The van der Waals surface area contributed by atoms with Gasteiger partial charge in [-0.2, -0.15) is 5.10 Å². The molecule has 0 bridgehead atoms. The van der Waals surface area contributed by atoms with E-state index in [2.05, 4.69) is 22.1 Å². The van der Waals surface area contributed by atoms with E-state index < -0.39 is 0 Å². The van der Waals surface area contributed by atoms with Crippen LogP contribution in [0.3, 0.4) is 0 Å². The van der Waals surface area contributed by atoms with Crippen molar-refractivity contribution in [2.75, 3.05) is 6.54 Å². The molecular weight excluding hydrogens is 150 g/mol. The Kier molecular flexibility index (Phi) is 3.05. The molecule has 0 saturated carbocycles. The first-order valence-electron chi connectivity index (χ1n) is 4.04. The number of nitrogens with zero attached hydrogens (tertiary/aromatic N) is 1. The first-order valence-corrected chi connectivity index (χ1v) is 4.04. The summed E-state index contributed by atoms with van der Waals surface area (Å²) < 4.78 is 0. The Balaban J connectivity index is 2.33. The van der Waals surface area contributed by atoms with Crippen LogP contribution in [0.25, 0.3) is 0 Å². The lowest BCUT2D eigenvalue weighted by Gasteiger charge is -2.02. The number of nitrogens with one attached hydrogen (secondary N) is 2. The number of H-pyrrole nitrogens is 1. The van der Waals surface area contributed by atoms with E-state index in [0.29, 0.717) is 0 Å². The van der Waals surface area contributed by atoms with E-state index in [0.717, 1.165) is 24.4 Å². The Labute approximate surface area is 72.9 Å². The van der Waals surface area contributed by atoms with Gasteiger partial charge < -0.3 is 5.32 Å². The fourth-order valence-corrected chi connectivity index (χ4v) is 0.964. The molecule has 0 atom stereocenters. The van der Waals surface area contributed by atoms with Crippen molar-refractivity contribution in [3.63, 3.8) is 0 Å². The molecule has 0 fully saturated rings. The molecule has 0 saturated heterocycles. The third-order valence-corrected chi connectivity index (χ3v) is 1.68. The number of rotatable bonds is 4. The Bertz CT molecular complexity index is 262. The summed E-state index contributed by atoms with van der Waals surface area (Å²) >= 11 is 0. The highest BCUT2D eigenvalue weighted by Gasteiger charge is 1.97.